The lowest BCUT2D eigenvalue weighted by Gasteiger charge is -2.22. The van der Waals surface area contributed by atoms with Gasteiger partial charge in [0.25, 0.3) is 0 Å². The number of nitrogens with one attached hydrogen (secondary N) is 1. The predicted octanol–water partition coefficient (Wildman–Crippen LogP) is 1.57. The lowest BCUT2D eigenvalue weighted by Crippen LogP contribution is -2.37. The summed E-state index contributed by atoms with van der Waals surface area (Å²) in [6, 6.07) is 2.10. The molecule has 15 heavy (non-hydrogen) atoms. The van der Waals surface area contributed by atoms with Crippen LogP contribution in [-0.2, 0) is 0 Å². The molecule has 5 heteroatoms. The third-order valence-corrected chi connectivity index (χ3v) is 2.52. The molecule has 1 aliphatic heterocycles. The van der Waals surface area contributed by atoms with Crippen molar-refractivity contribution < 1.29 is 4.74 Å². The number of hydrogen-bond donors (Lipinski definition) is 1. The van der Waals surface area contributed by atoms with E-state index in [2.05, 4.69) is 15.3 Å². The fraction of sp³-hybridized carbons (Fsp3) is 0.600. The van der Waals surface area contributed by atoms with Gasteiger partial charge in [0.2, 0.25) is 0 Å². The molecule has 1 N–H and O–H groups in total. The van der Waals surface area contributed by atoms with Crippen molar-refractivity contribution in [2.24, 2.45) is 0 Å². The zero-order valence-corrected chi connectivity index (χ0v) is 9.42. The van der Waals surface area contributed by atoms with Crippen molar-refractivity contribution in [2.45, 2.75) is 25.9 Å². The highest BCUT2D eigenvalue weighted by Crippen LogP contribution is 2.14. The number of nitrogens with zero attached hydrogens (tertiary/aromatic N) is 2. The van der Waals surface area contributed by atoms with Gasteiger partial charge in [-0.15, -0.1) is 0 Å². The van der Waals surface area contributed by atoms with Gasteiger partial charge < -0.3 is 10.1 Å². The Balaban J connectivity index is 2.02. The molecule has 1 fully saturated rings. The molecule has 82 valence electrons. The van der Waals surface area contributed by atoms with E-state index in [1.165, 1.54) is 0 Å². The highest BCUT2D eigenvalue weighted by atomic mass is 35.5. The third kappa shape index (κ3) is 3.04. The summed E-state index contributed by atoms with van der Waals surface area (Å²) in [5, 5.41) is 3.70. The minimum atomic E-state index is 0.164. The Kier molecular flexibility index (Phi) is 3.38. The molecule has 0 aliphatic carbocycles. The van der Waals surface area contributed by atoms with Crippen molar-refractivity contribution in [2.75, 3.05) is 13.1 Å². The van der Waals surface area contributed by atoms with Gasteiger partial charge in [0.05, 0.1) is 0 Å². The van der Waals surface area contributed by atoms with Crippen LogP contribution in [0.25, 0.3) is 0 Å². The molecule has 0 radical (unpaired) electrons. The molecule has 0 spiro atoms. The fourth-order valence-corrected chi connectivity index (χ4v) is 1.86. The number of rotatable bonds is 2. The van der Waals surface area contributed by atoms with E-state index in [0.29, 0.717) is 11.2 Å². The molecule has 1 atom stereocenters. The van der Waals surface area contributed by atoms with Crippen LogP contribution < -0.4 is 10.1 Å². The highest BCUT2D eigenvalue weighted by molar-refractivity contribution is 6.29. The average Bonchev–Trinajstić information content (AvgIpc) is 2.17. The lowest BCUT2D eigenvalue weighted by atomic mass is 10.1. The number of aryl methyl sites for hydroxylation is 1. The Morgan fingerprint density at radius 1 is 1.53 bits per heavy atom. The summed E-state index contributed by atoms with van der Waals surface area (Å²) in [6.45, 7) is 3.80. The largest absolute Gasteiger partial charge is 0.459 e. The molecule has 0 bridgehead atoms. The highest BCUT2D eigenvalue weighted by Gasteiger charge is 2.15. The Labute approximate surface area is 94.0 Å². The standard InChI is InChI=1S/C10H14ClN3O/c1-7-5-9(11)14-10(13-7)15-8-3-2-4-12-6-8/h5,8,12H,2-4,6H2,1H3/t8-/m1/s1. The van der Waals surface area contributed by atoms with E-state index in [-0.39, 0.29) is 6.10 Å². The van der Waals surface area contributed by atoms with Gasteiger partial charge in [-0.2, -0.15) is 4.98 Å². The molecular weight excluding hydrogens is 214 g/mol. The summed E-state index contributed by atoms with van der Waals surface area (Å²) in [5.41, 5.74) is 0.828. The van der Waals surface area contributed by atoms with Crippen LogP contribution in [0.3, 0.4) is 0 Å². The second kappa shape index (κ2) is 4.77. The Hall–Kier alpha value is -0.870. The molecule has 1 aromatic heterocycles. The molecule has 1 aliphatic rings. The van der Waals surface area contributed by atoms with Crippen LogP contribution in [-0.4, -0.2) is 29.2 Å². The summed E-state index contributed by atoms with van der Waals surface area (Å²) in [4.78, 5) is 8.21. The SMILES string of the molecule is Cc1cc(Cl)nc(O[C@@H]2CCCNC2)n1. The smallest absolute Gasteiger partial charge is 0.318 e. The zero-order valence-electron chi connectivity index (χ0n) is 8.66. The van der Waals surface area contributed by atoms with Crippen molar-refractivity contribution in [1.29, 1.82) is 0 Å². The van der Waals surface area contributed by atoms with Crippen molar-refractivity contribution >= 4 is 11.6 Å². The Bertz CT molecular complexity index is 319. The van der Waals surface area contributed by atoms with Gasteiger partial charge >= 0.3 is 6.01 Å². The van der Waals surface area contributed by atoms with Crippen LogP contribution in [0, 0.1) is 6.92 Å². The lowest BCUT2D eigenvalue weighted by molar-refractivity contribution is 0.153. The van der Waals surface area contributed by atoms with E-state index >= 15 is 0 Å². The first-order valence-corrected chi connectivity index (χ1v) is 5.50. The summed E-state index contributed by atoms with van der Waals surface area (Å²) < 4.78 is 5.65. The Morgan fingerprint density at radius 3 is 3.07 bits per heavy atom. The number of hydrogen-bond acceptors (Lipinski definition) is 4. The van der Waals surface area contributed by atoms with Crippen molar-refractivity contribution in [3.8, 4) is 6.01 Å². The van der Waals surface area contributed by atoms with Gasteiger partial charge in [-0.1, -0.05) is 11.6 Å². The zero-order chi connectivity index (χ0) is 10.7. The first kappa shape index (κ1) is 10.6. The minimum absolute atomic E-state index is 0.164. The maximum absolute atomic E-state index is 5.82. The van der Waals surface area contributed by atoms with Gasteiger partial charge in [-0.3, -0.25) is 0 Å². The van der Waals surface area contributed by atoms with E-state index in [1.54, 1.807) is 6.07 Å². The maximum atomic E-state index is 5.82. The molecule has 0 amide bonds. The number of ether oxygens (including phenoxy) is 1. The van der Waals surface area contributed by atoms with E-state index in [0.717, 1.165) is 31.6 Å². The van der Waals surface area contributed by atoms with Crippen LogP contribution >= 0.6 is 11.6 Å². The van der Waals surface area contributed by atoms with Gasteiger partial charge in [0.1, 0.15) is 11.3 Å². The molecular formula is C10H14ClN3O. The molecule has 2 heterocycles. The van der Waals surface area contributed by atoms with Crippen molar-refractivity contribution in [3.05, 3.63) is 16.9 Å². The quantitative estimate of drug-likeness (QED) is 0.780. The van der Waals surface area contributed by atoms with Crippen LogP contribution in [0.1, 0.15) is 18.5 Å². The summed E-state index contributed by atoms with van der Waals surface area (Å²) in [6.07, 6.45) is 2.34. The molecule has 0 aromatic carbocycles. The second-order valence-electron chi connectivity index (χ2n) is 3.70. The van der Waals surface area contributed by atoms with Crippen LogP contribution in [0.15, 0.2) is 6.07 Å². The molecule has 0 saturated carbocycles. The monoisotopic (exact) mass is 227 g/mol. The van der Waals surface area contributed by atoms with E-state index < -0.39 is 0 Å². The molecule has 2 rings (SSSR count). The second-order valence-corrected chi connectivity index (χ2v) is 4.09. The van der Waals surface area contributed by atoms with Crippen LogP contribution in [0.5, 0.6) is 6.01 Å². The fourth-order valence-electron chi connectivity index (χ4n) is 1.63. The van der Waals surface area contributed by atoms with Crippen LogP contribution in [0.4, 0.5) is 0 Å². The van der Waals surface area contributed by atoms with E-state index in [4.69, 9.17) is 16.3 Å². The van der Waals surface area contributed by atoms with Gasteiger partial charge in [0, 0.05) is 12.2 Å². The molecule has 1 saturated heterocycles. The molecule has 1 aromatic rings. The van der Waals surface area contributed by atoms with E-state index in [9.17, 15) is 0 Å². The third-order valence-electron chi connectivity index (χ3n) is 2.33. The number of aromatic nitrogens is 2. The summed E-state index contributed by atoms with van der Waals surface area (Å²) in [7, 11) is 0. The van der Waals surface area contributed by atoms with Crippen molar-refractivity contribution in [1.82, 2.24) is 15.3 Å². The minimum Gasteiger partial charge on any atom is -0.459 e. The van der Waals surface area contributed by atoms with Crippen LogP contribution in [0.2, 0.25) is 5.15 Å². The van der Waals surface area contributed by atoms with Gasteiger partial charge in [0.15, 0.2) is 0 Å². The summed E-state index contributed by atoms with van der Waals surface area (Å²) in [5.74, 6) is 0. The maximum Gasteiger partial charge on any atom is 0.318 e. The normalized spacial score (nSPS) is 21.3. The Morgan fingerprint density at radius 2 is 2.40 bits per heavy atom. The topological polar surface area (TPSA) is 47.0 Å². The molecule has 4 nitrogen and oxygen atoms in total. The first-order valence-electron chi connectivity index (χ1n) is 5.12. The van der Waals surface area contributed by atoms with E-state index in [1.807, 2.05) is 6.92 Å². The number of halogens is 1. The van der Waals surface area contributed by atoms with Gasteiger partial charge in [-0.25, -0.2) is 4.98 Å². The van der Waals surface area contributed by atoms with Crippen molar-refractivity contribution in [3.63, 3.8) is 0 Å². The average molecular weight is 228 g/mol. The first-order chi connectivity index (χ1) is 7.24. The van der Waals surface area contributed by atoms with Gasteiger partial charge in [-0.05, 0) is 32.4 Å². The summed E-state index contributed by atoms with van der Waals surface area (Å²) >= 11 is 5.82. The predicted molar refractivity (Wildman–Crippen MR) is 58.3 cm³/mol. The number of piperidine rings is 1. The molecule has 0 unspecified atom stereocenters.